The lowest BCUT2D eigenvalue weighted by Crippen LogP contribution is -2.46. The van der Waals surface area contributed by atoms with Crippen LogP contribution in [0.5, 0.6) is 46.0 Å². The number of methoxy groups -OCH3 is 8. The molecule has 8 heterocycles. The van der Waals surface area contributed by atoms with Crippen LogP contribution in [0.15, 0.2) is 48.5 Å². The van der Waals surface area contributed by atoms with Crippen molar-refractivity contribution in [1.82, 2.24) is 19.6 Å². The van der Waals surface area contributed by atoms with E-state index in [1.165, 1.54) is 7.11 Å². The maximum absolute atomic E-state index is 13.9. The van der Waals surface area contributed by atoms with E-state index in [1.807, 2.05) is 0 Å². The number of aryl methyl sites for hydroxylation is 4. The number of carbonyl (C=O) groups excluding carboxylic acids is 4. The summed E-state index contributed by atoms with van der Waals surface area (Å²) in [7, 11) is -7.51. The zero-order valence-electron chi connectivity index (χ0n) is 109. The topological polar surface area (TPSA) is 155 Å². The highest BCUT2D eigenvalue weighted by Crippen LogP contribution is 2.48. The number of ether oxygens (including phenoxy) is 8. The number of fused-ring (bicyclic) bond motifs is 12. The molecular formula is C78H112N4O12. The summed E-state index contributed by atoms with van der Waals surface area (Å²) in [5.74, 6) is -25.4. The van der Waals surface area contributed by atoms with Crippen molar-refractivity contribution in [3.8, 4) is 46.0 Å². The highest BCUT2D eigenvalue weighted by atomic mass is 16.5. The van der Waals surface area contributed by atoms with Crippen molar-refractivity contribution in [1.29, 1.82) is 0 Å². The van der Waals surface area contributed by atoms with Crippen LogP contribution in [-0.2, 0) is 44.7 Å². The van der Waals surface area contributed by atoms with E-state index in [1.54, 1.807) is 27.7 Å². The lowest BCUT2D eigenvalue weighted by molar-refractivity contribution is -0.130. The van der Waals surface area contributed by atoms with Gasteiger partial charge >= 0.3 is 0 Å². The van der Waals surface area contributed by atoms with Crippen LogP contribution in [0.25, 0.3) is 0 Å². The fourth-order valence-electron chi connectivity index (χ4n) is 10.9. The predicted molar refractivity (Wildman–Crippen MR) is 370 cm³/mol. The van der Waals surface area contributed by atoms with Gasteiger partial charge in [0, 0.05) is 180 Å². The first kappa shape index (κ1) is 28.7. The summed E-state index contributed by atoms with van der Waals surface area (Å²) >= 11 is 0. The third-order valence-corrected chi connectivity index (χ3v) is 15.5. The molecule has 4 aromatic carbocycles. The molecule has 0 spiro atoms. The van der Waals surface area contributed by atoms with Gasteiger partial charge in [-0.1, -0.05) is 68.0 Å². The minimum absolute atomic E-state index is 0.00528. The molecule has 8 aliphatic rings. The second kappa shape index (κ2) is 32.7. The third kappa shape index (κ3) is 16.4. The lowest BCUT2D eigenvalue weighted by atomic mass is 9.79. The van der Waals surface area contributed by atoms with Crippen LogP contribution in [0, 0.1) is 47.2 Å². The summed E-state index contributed by atoms with van der Waals surface area (Å²) in [6.45, 7) is -18.3. The molecule has 0 radical (unpaired) electrons. The summed E-state index contributed by atoms with van der Waals surface area (Å²) in [4.78, 5) is 55.4. The highest BCUT2D eigenvalue weighted by Gasteiger charge is 2.43. The van der Waals surface area contributed by atoms with Crippen molar-refractivity contribution in [2.75, 3.05) is 109 Å². The zero-order chi connectivity index (χ0) is 117. The molecule has 4 saturated heterocycles. The number of hydrogen-bond acceptors (Lipinski definition) is 16. The standard InChI is InChI=1S/2C20H29NO3.2C19H27NO3/c2*1-5-13(2)8-15-12-21-7-6-14-9-19(23-3)20(24-4)10-16(14)17(21)11-18(15)22;2*1-12(2)7-14-11-20-6-5-13-8-18(22-3)19(23-4)9-15(13)16(20)10-17(14)21/h2*9-10,13,15,17H,5-8,11-12H2,1-4H3;2*8-9,12,14,16H,5-7,10-11H2,1-4H3/i2D3,4D3,5D2,6D2,7D2,8D2,11D2,13D,15D,17D;2D3,4D3,5D2,6D2,7D2,8D2,13D,17D;4D3,5D2,6D2,10D2,14D,16D;4D3,5D2,6D2,11D2,16D. The molecule has 0 aromatic heterocycles. The Morgan fingerprint density at radius 2 is 0.809 bits per heavy atom. The van der Waals surface area contributed by atoms with Gasteiger partial charge in [0.2, 0.25) is 0 Å². The average Bonchev–Trinajstić information content (AvgIpc) is 0.655. The van der Waals surface area contributed by atoms with E-state index in [-0.39, 0.29) is 69.3 Å². The molecule has 0 amide bonds. The average molecular weight is 1350 g/mol. The summed E-state index contributed by atoms with van der Waals surface area (Å²) in [6, 6.07) is -3.69. The van der Waals surface area contributed by atoms with Gasteiger partial charge in [0.05, 0.1) is 78.5 Å². The van der Waals surface area contributed by atoms with E-state index >= 15 is 0 Å². The molecule has 10 unspecified atom stereocenters. The first-order valence-electron chi connectivity index (χ1n) is 57.3. The summed E-state index contributed by atoms with van der Waals surface area (Å²) < 4.78 is 503. The normalized spacial score (nSPS) is 46.1. The first-order chi connectivity index (χ1) is 66.3. The largest absolute Gasteiger partial charge is 0.493 e. The summed E-state index contributed by atoms with van der Waals surface area (Å²) in [5, 5.41) is 0. The number of rotatable bonds is 18. The number of Topliss-reactive ketones (excluding diaryl/α,β-unsaturated/α-hetero) is 4. The molecule has 0 saturated carbocycles. The SMILES string of the molecule is [2H]C([2H])([2H])Oc1cc2c(cc1OC)C([2H])([2H])C([2H])([2H])N1C2([2H])CC(=O)C(CC(C)C)C1([2H])[2H].[2H]C([2H])([2H])Oc1cc2c(cc1OC)C([2H])([2H])C([2H])([2H])N1CC(C([2H])([2H])C([2H])(C([2H])([2H])[2H])C([2H])([2H])C)C(=O)CC21[2H].[2H]C([2H])([2H])Oc1cc2c(cc1OC)C([2H])([2H])C([2H])([2H])N1CC([2H])(C([2H])([2H])C([2H])(C([2H])([2H])[2H])C([2H])([2H])C)C(=O)C([2H])([2H])C21[2H].[2H]C([2H])([2H])Oc1cc2c(cc1OC)C([2H])([2H])C([2H])([2H])N1CC([2H])(CC(C)C)C(=O)C([2H])([2H])C21[2H]. The Labute approximate surface area is 641 Å². The maximum Gasteiger partial charge on any atom is 0.161 e. The lowest BCUT2D eigenvalue weighted by Gasteiger charge is -2.43. The fraction of sp³-hybridized carbons (Fsp3) is 0.641. The number of nitrogens with zero attached hydrogens (tertiary/aromatic N) is 4. The van der Waals surface area contributed by atoms with E-state index in [2.05, 4.69) is 0 Å². The molecule has 10 atom stereocenters. The van der Waals surface area contributed by atoms with Gasteiger partial charge in [-0.25, -0.2) is 0 Å². The van der Waals surface area contributed by atoms with E-state index in [0.717, 1.165) is 63.8 Å². The van der Waals surface area contributed by atoms with Gasteiger partial charge in [-0.2, -0.15) is 0 Å². The number of piperidine rings is 4. The molecule has 16 heteroatoms. The Bertz CT molecular complexity index is 5840. The summed E-state index contributed by atoms with van der Waals surface area (Å²) in [6.07, 6.45) is -34.6. The van der Waals surface area contributed by atoms with Crippen molar-refractivity contribution in [3.63, 3.8) is 0 Å². The third-order valence-electron chi connectivity index (χ3n) is 15.5. The quantitative estimate of drug-likeness (QED) is 0.0926. The maximum atomic E-state index is 13.9. The van der Waals surface area contributed by atoms with Gasteiger partial charge in [0.1, 0.15) is 23.1 Å². The molecule has 4 aromatic rings. The van der Waals surface area contributed by atoms with Gasteiger partial charge in [-0.05, 0) is 168 Å². The van der Waals surface area contributed by atoms with Crippen LogP contribution in [0.4, 0.5) is 0 Å². The van der Waals surface area contributed by atoms with Gasteiger partial charge in [-0.15, -0.1) is 0 Å². The molecule has 0 N–H and O–H groups in total. The monoisotopic (exact) mass is 1350 g/mol. The first-order valence-corrected chi connectivity index (χ1v) is 29.3. The minimum Gasteiger partial charge on any atom is -0.493 e. The molecule has 0 aliphatic carbocycles. The number of benzene rings is 4. The van der Waals surface area contributed by atoms with Gasteiger partial charge in [-0.3, -0.25) is 38.8 Å². The number of hydrogen-bond donors (Lipinski definition) is 0. The van der Waals surface area contributed by atoms with Crippen LogP contribution < -0.4 is 37.9 Å². The van der Waals surface area contributed by atoms with Crippen LogP contribution in [0.1, 0.15) is 265 Å². The Morgan fingerprint density at radius 1 is 0.457 bits per heavy atom. The second-order valence-electron chi connectivity index (χ2n) is 22.5. The number of ketones is 4. The minimum atomic E-state index is -4.13. The smallest absolute Gasteiger partial charge is 0.161 e. The Morgan fingerprint density at radius 3 is 1.20 bits per heavy atom. The molecular weight excluding hydrogens is 1180 g/mol. The zero-order valence-corrected chi connectivity index (χ0v) is 53.1. The van der Waals surface area contributed by atoms with Crippen molar-refractivity contribution in [2.45, 2.75) is 169 Å². The molecule has 8 aliphatic heterocycles. The van der Waals surface area contributed by atoms with Crippen LogP contribution >= 0.6 is 0 Å². The van der Waals surface area contributed by atoms with Crippen molar-refractivity contribution >= 4 is 23.1 Å². The van der Waals surface area contributed by atoms with Crippen molar-refractivity contribution < 1.29 is 134 Å². The fourth-order valence-corrected chi connectivity index (χ4v) is 10.9. The van der Waals surface area contributed by atoms with Gasteiger partial charge in [0.25, 0.3) is 0 Å². The van der Waals surface area contributed by atoms with Gasteiger partial charge < -0.3 is 37.9 Å². The van der Waals surface area contributed by atoms with E-state index in [9.17, 15) is 21.9 Å². The Balaban J connectivity index is 0.000000223. The van der Waals surface area contributed by atoms with Crippen LogP contribution in [0.3, 0.4) is 0 Å². The highest BCUT2D eigenvalue weighted by molar-refractivity contribution is 5.85. The van der Waals surface area contributed by atoms with Crippen molar-refractivity contribution in [2.24, 2.45) is 47.2 Å². The molecule has 94 heavy (non-hydrogen) atoms. The molecule has 16 nitrogen and oxygen atoms in total. The molecule has 12 rings (SSSR count). The van der Waals surface area contributed by atoms with Crippen LogP contribution in [0.2, 0.25) is 0 Å². The Hall–Kier alpha value is -6.20. The summed E-state index contributed by atoms with van der Waals surface area (Å²) in [5.41, 5.74) is -3.95. The van der Waals surface area contributed by atoms with E-state index < -0.39 is 304 Å². The van der Waals surface area contributed by atoms with Gasteiger partial charge in [0.15, 0.2) is 46.0 Å². The second-order valence-corrected chi connectivity index (χ2v) is 22.5. The van der Waals surface area contributed by atoms with E-state index in [0.29, 0.717) is 34.6 Å². The van der Waals surface area contributed by atoms with E-state index in [4.69, 9.17) is 112 Å². The Kier molecular flexibility index (Phi) is 9.98. The van der Waals surface area contributed by atoms with Crippen LogP contribution in [-0.4, -0.2) is 151 Å². The molecule has 0 bridgehead atoms. The van der Waals surface area contributed by atoms with Crippen molar-refractivity contribution in [3.05, 3.63) is 93.0 Å². The molecule has 4 fully saturated rings. The predicted octanol–water partition coefficient (Wildman–Crippen LogP) is 13.7. The molecule has 516 valence electrons. The number of carbonyl (C=O) groups is 4.